The van der Waals surface area contributed by atoms with Crippen LogP contribution in [0.5, 0.6) is 0 Å². The van der Waals surface area contributed by atoms with Gasteiger partial charge in [0.2, 0.25) is 0 Å². The molecule has 0 bridgehead atoms. The molecule has 2 rings (SSSR count). The Balaban J connectivity index is 2.18. The first-order valence-electron chi connectivity index (χ1n) is 5.42. The number of rotatable bonds is 4. The molecule has 0 radical (unpaired) electrons. The van der Waals surface area contributed by atoms with E-state index in [0.717, 1.165) is 10.2 Å². The van der Waals surface area contributed by atoms with Crippen molar-refractivity contribution in [2.75, 3.05) is 0 Å². The van der Waals surface area contributed by atoms with Gasteiger partial charge in [0.25, 0.3) is 5.91 Å². The number of amides is 1. The van der Waals surface area contributed by atoms with E-state index in [1.54, 1.807) is 23.7 Å². The van der Waals surface area contributed by atoms with E-state index in [-0.39, 0.29) is 6.42 Å². The van der Waals surface area contributed by atoms with Crippen LogP contribution in [0.1, 0.15) is 16.8 Å². The van der Waals surface area contributed by atoms with Gasteiger partial charge in [-0.25, -0.2) is 9.78 Å². The molecule has 0 aliphatic heterocycles. The summed E-state index contributed by atoms with van der Waals surface area (Å²) < 4.78 is 0.872. The molecule has 0 fully saturated rings. The average Bonchev–Trinajstić information content (AvgIpc) is 2.85. The van der Waals surface area contributed by atoms with Crippen LogP contribution in [0.3, 0.4) is 0 Å². The number of hydrogen-bond acceptors (Lipinski definition) is 4. The molecule has 1 aromatic heterocycles. The molecule has 1 atom stereocenters. The van der Waals surface area contributed by atoms with Crippen molar-refractivity contribution in [3.63, 3.8) is 0 Å². The number of nitrogens with zero attached hydrogens (tertiary/aromatic N) is 1. The molecule has 19 heavy (non-hydrogen) atoms. The van der Waals surface area contributed by atoms with Gasteiger partial charge in [0.05, 0.1) is 15.7 Å². The van der Waals surface area contributed by atoms with Crippen LogP contribution in [0, 0.1) is 12.3 Å². The Labute approximate surface area is 113 Å². The van der Waals surface area contributed by atoms with E-state index in [0.29, 0.717) is 5.56 Å². The third-order valence-corrected chi connectivity index (χ3v) is 3.31. The number of carboxylic acid groups (broad SMARTS) is 1. The third kappa shape index (κ3) is 2.89. The lowest BCUT2D eigenvalue weighted by Crippen LogP contribution is -2.40. The summed E-state index contributed by atoms with van der Waals surface area (Å²) in [7, 11) is 0. The Morgan fingerprint density at radius 3 is 3.00 bits per heavy atom. The zero-order chi connectivity index (χ0) is 13.8. The van der Waals surface area contributed by atoms with Gasteiger partial charge in [-0.1, -0.05) is 0 Å². The van der Waals surface area contributed by atoms with E-state index in [1.165, 1.54) is 11.3 Å². The SMILES string of the molecule is C#CCC(NC(=O)c1ccc2ncsc2c1)C(=O)O. The first kappa shape index (κ1) is 13.1. The standard InChI is InChI=1S/C13H10N2O3S/c1-2-3-10(13(17)18)15-12(16)8-4-5-9-11(6-8)19-7-14-9/h1,4-7,10H,3H2,(H,15,16)(H,17,18). The minimum Gasteiger partial charge on any atom is -0.480 e. The van der Waals surface area contributed by atoms with Crippen molar-refractivity contribution >= 4 is 33.4 Å². The number of aromatic nitrogens is 1. The average molecular weight is 274 g/mol. The van der Waals surface area contributed by atoms with E-state index >= 15 is 0 Å². The molecule has 2 aromatic rings. The number of nitrogens with one attached hydrogen (secondary N) is 1. The molecule has 0 saturated carbocycles. The molecule has 0 saturated heterocycles. The highest BCUT2D eigenvalue weighted by Gasteiger charge is 2.19. The van der Waals surface area contributed by atoms with E-state index in [1.807, 2.05) is 0 Å². The Kier molecular flexibility index (Phi) is 3.78. The lowest BCUT2D eigenvalue weighted by molar-refractivity contribution is -0.139. The molecule has 2 N–H and O–H groups in total. The van der Waals surface area contributed by atoms with Crippen LogP contribution < -0.4 is 5.32 Å². The van der Waals surface area contributed by atoms with Crippen LogP contribution in [0.15, 0.2) is 23.7 Å². The number of hydrogen-bond donors (Lipinski definition) is 2. The van der Waals surface area contributed by atoms with Crippen molar-refractivity contribution in [2.45, 2.75) is 12.5 Å². The monoisotopic (exact) mass is 274 g/mol. The summed E-state index contributed by atoms with van der Waals surface area (Å²) in [6.07, 6.45) is 5.02. The van der Waals surface area contributed by atoms with Crippen molar-refractivity contribution in [2.24, 2.45) is 0 Å². The van der Waals surface area contributed by atoms with Gasteiger partial charge in [0, 0.05) is 12.0 Å². The Morgan fingerprint density at radius 1 is 1.53 bits per heavy atom. The van der Waals surface area contributed by atoms with E-state index < -0.39 is 17.9 Å². The number of thiazole rings is 1. The van der Waals surface area contributed by atoms with Crippen LogP contribution in [-0.2, 0) is 4.79 Å². The second-order valence-corrected chi connectivity index (χ2v) is 4.69. The largest absolute Gasteiger partial charge is 0.480 e. The summed E-state index contributed by atoms with van der Waals surface area (Å²) in [4.78, 5) is 27.0. The Morgan fingerprint density at radius 2 is 2.32 bits per heavy atom. The summed E-state index contributed by atoms with van der Waals surface area (Å²) in [6.45, 7) is 0. The quantitative estimate of drug-likeness (QED) is 0.828. The molecule has 5 nitrogen and oxygen atoms in total. The van der Waals surface area contributed by atoms with Gasteiger partial charge in [0.15, 0.2) is 0 Å². The number of carbonyl (C=O) groups excluding carboxylic acids is 1. The fourth-order valence-electron chi connectivity index (χ4n) is 1.56. The maximum Gasteiger partial charge on any atom is 0.327 e. The maximum atomic E-state index is 11.9. The number of terminal acetylenes is 1. The summed E-state index contributed by atoms with van der Waals surface area (Å²) >= 11 is 1.41. The zero-order valence-electron chi connectivity index (χ0n) is 9.79. The second kappa shape index (κ2) is 5.50. The molecule has 1 aromatic carbocycles. The topological polar surface area (TPSA) is 79.3 Å². The lowest BCUT2D eigenvalue weighted by atomic mass is 10.1. The minimum atomic E-state index is -1.15. The number of benzene rings is 1. The van der Waals surface area contributed by atoms with Crippen LogP contribution in [0.2, 0.25) is 0 Å². The molecule has 0 spiro atoms. The fraction of sp³-hybridized carbons (Fsp3) is 0.154. The molecule has 1 heterocycles. The van der Waals surface area contributed by atoms with Crippen LogP contribution in [-0.4, -0.2) is 28.0 Å². The van der Waals surface area contributed by atoms with Crippen molar-refractivity contribution in [1.29, 1.82) is 0 Å². The van der Waals surface area contributed by atoms with Crippen molar-refractivity contribution in [3.8, 4) is 12.3 Å². The third-order valence-electron chi connectivity index (χ3n) is 2.52. The first-order valence-corrected chi connectivity index (χ1v) is 6.30. The number of fused-ring (bicyclic) bond motifs is 1. The van der Waals surface area contributed by atoms with Gasteiger partial charge < -0.3 is 10.4 Å². The summed E-state index contributed by atoms with van der Waals surface area (Å²) in [5.41, 5.74) is 2.88. The van der Waals surface area contributed by atoms with Crippen LogP contribution in [0.4, 0.5) is 0 Å². The highest BCUT2D eigenvalue weighted by molar-refractivity contribution is 7.16. The summed E-state index contributed by atoms with van der Waals surface area (Å²) in [6, 6.07) is 3.93. The van der Waals surface area contributed by atoms with Crippen molar-refractivity contribution in [3.05, 3.63) is 29.3 Å². The normalized spacial score (nSPS) is 11.7. The molecule has 6 heteroatoms. The van der Waals surface area contributed by atoms with E-state index in [2.05, 4.69) is 16.2 Å². The number of aliphatic carboxylic acids is 1. The van der Waals surface area contributed by atoms with E-state index in [9.17, 15) is 9.59 Å². The van der Waals surface area contributed by atoms with Gasteiger partial charge in [-0.05, 0) is 18.2 Å². The molecule has 1 amide bonds. The number of carbonyl (C=O) groups is 2. The van der Waals surface area contributed by atoms with Gasteiger partial charge in [0.1, 0.15) is 6.04 Å². The van der Waals surface area contributed by atoms with Gasteiger partial charge >= 0.3 is 5.97 Å². The van der Waals surface area contributed by atoms with Crippen molar-refractivity contribution in [1.82, 2.24) is 10.3 Å². The Bertz CT molecular complexity index is 672. The molecule has 0 aliphatic rings. The fourth-order valence-corrected chi connectivity index (χ4v) is 2.27. The smallest absolute Gasteiger partial charge is 0.327 e. The summed E-state index contributed by atoms with van der Waals surface area (Å²) in [5.74, 6) is 0.620. The van der Waals surface area contributed by atoms with Gasteiger partial charge in [-0.2, -0.15) is 0 Å². The summed E-state index contributed by atoms with van der Waals surface area (Å²) in [5, 5.41) is 11.3. The van der Waals surface area contributed by atoms with Gasteiger partial charge in [-0.15, -0.1) is 23.7 Å². The lowest BCUT2D eigenvalue weighted by Gasteiger charge is -2.11. The highest BCUT2D eigenvalue weighted by Crippen LogP contribution is 2.19. The molecular weight excluding hydrogens is 264 g/mol. The highest BCUT2D eigenvalue weighted by atomic mass is 32.1. The second-order valence-electron chi connectivity index (χ2n) is 3.81. The first-order chi connectivity index (χ1) is 9.11. The number of carboxylic acids is 1. The van der Waals surface area contributed by atoms with Crippen LogP contribution >= 0.6 is 11.3 Å². The maximum absolute atomic E-state index is 11.9. The molecule has 0 aliphatic carbocycles. The minimum absolute atomic E-state index is 0.0517. The predicted octanol–water partition coefficient (Wildman–Crippen LogP) is 1.50. The molecule has 96 valence electrons. The van der Waals surface area contributed by atoms with Crippen LogP contribution in [0.25, 0.3) is 10.2 Å². The van der Waals surface area contributed by atoms with Crippen molar-refractivity contribution < 1.29 is 14.7 Å². The predicted molar refractivity (Wildman–Crippen MR) is 72.0 cm³/mol. The molecular formula is C13H10N2O3S. The van der Waals surface area contributed by atoms with E-state index in [4.69, 9.17) is 11.5 Å². The Hall–Kier alpha value is -2.39. The zero-order valence-corrected chi connectivity index (χ0v) is 10.6. The van der Waals surface area contributed by atoms with Gasteiger partial charge in [-0.3, -0.25) is 4.79 Å². The molecule has 1 unspecified atom stereocenters.